The van der Waals surface area contributed by atoms with Gasteiger partial charge in [0.15, 0.2) is 0 Å². The van der Waals surface area contributed by atoms with Gasteiger partial charge < -0.3 is 11.1 Å². The van der Waals surface area contributed by atoms with Gasteiger partial charge in [-0.25, -0.2) is 0 Å². The van der Waals surface area contributed by atoms with Crippen LogP contribution in [0.3, 0.4) is 0 Å². The first-order valence-corrected chi connectivity index (χ1v) is 5.43. The molecule has 1 aromatic carbocycles. The Labute approximate surface area is 84.5 Å². The van der Waals surface area contributed by atoms with Gasteiger partial charge in [-0.1, -0.05) is 24.3 Å². The van der Waals surface area contributed by atoms with Gasteiger partial charge in [0.25, 0.3) is 0 Å². The van der Waals surface area contributed by atoms with Crippen molar-refractivity contribution < 1.29 is 0 Å². The summed E-state index contributed by atoms with van der Waals surface area (Å²) < 4.78 is 0. The average Bonchev–Trinajstić information content (AvgIpc) is 2.18. The quantitative estimate of drug-likeness (QED) is 0.638. The second kappa shape index (κ2) is 3.07. The maximum atomic E-state index is 6.24. The first kappa shape index (κ1) is 8.45. The van der Waals surface area contributed by atoms with Crippen LogP contribution in [0.1, 0.15) is 23.5 Å². The summed E-state index contributed by atoms with van der Waals surface area (Å²) in [4.78, 5) is 0. The van der Waals surface area contributed by atoms with Crippen LogP contribution in [-0.4, -0.2) is 18.6 Å². The Balaban J connectivity index is 2.08. The van der Waals surface area contributed by atoms with E-state index < -0.39 is 0 Å². The van der Waals surface area contributed by atoms with Crippen molar-refractivity contribution in [3.05, 3.63) is 35.4 Å². The highest BCUT2D eigenvalue weighted by molar-refractivity contribution is 5.36. The number of hydrogen-bond acceptors (Lipinski definition) is 2. The lowest BCUT2D eigenvalue weighted by molar-refractivity contribution is 0.291. The molecule has 3 rings (SSSR count). The van der Waals surface area contributed by atoms with Gasteiger partial charge in [0.2, 0.25) is 0 Å². The minimum atomic E-state index is 0.318. The molecule has 0 aromatic heterocycles. The lowest BCUT2D eigenvalue weighted by Crippen LogP contribution is -2.56. The largest absolute Gasteiger partial charge is 0.326 e. The zero-order chi connectivity index (χ0) is 9.54. The molecule has 1 fully saturated rings. The average molecular weight is 188 g/mol. The highest BCUT2D eigenvalue weighted by atomic mass is 15.0. The van der Waals surface area contributed by atoms with E-state index in [1.165, 1.54) is 17.5 Å². The molecule has 0 saturated carbocycles. The molecule has 2 heteroatoms. The van der Waals surface area contributed by atoms with E-state index in [-0.39, 0.29) is 0 Å². The van der Waals surface area contributed by atoms with Crippen molar-refractivity contribution >= 4 is 0 Å². The highest BCUT2D eigenvalue weighted by Crippen LogP contribution is 2.35. The minimum Gasteiger partial charge on any atom is -0.326 e. The van der Waals surface area contributed by atoms with Gasteiger partial charge in [-0.05, 0) is 30.5 Å². The smallest absolute Gasteiger partial charge is 0.0268 e. The number of rotatable bonds is 0. The third-order valence-electron chi connectivity index (χ3n) is 3.69. The summed E-state index contributed by atoms with van der Waals surface area (Å²) in [5, 5.41) is 3.52. The molecule has 2 nitrogen and oxygen atoms in total. The molecule has 3 unspecified atom stereocenters. The van der Waals surface area contributed by atoms with Crippen molar-refractivity contribution in [3.63, 3.8) is 0 Å². The fourth-order valence-electron chi connectivity index (χ4n) is 2.92. The molecule has 2 aliphatic rings. The maximum Gasteiger partial charge on any atom is 0.0268 e. The molecule has 3 atom stereocenters. The number of benzene rings is 1. The van der Waals surface area contributed by atoms with Crippen LogP contribution >= 0.6 is 0 Å². The van der Waals surface area contributed by atoms with E-state index in [1.807, 2.05) is 0 Å². The van der Waals surface area contributed by atoms with E-state index in [1.54, 1.807) is 0 Å². The first-order valence-electron chi connectivity index (χ1n) is 5.43. The van der Waals surface area contributed by atoms with Crippen LogP contribution in [0.5, 0.6) is 0 Å². The second-order valence-corrected chi connectivity index (χ2v) is 4.44. The third kappa shape index (κ3) is 1.11. The van der Waals surface area contributed by atoms with Crippen LogP contribution in [0, 0.1) is 0 Å². The van der Waals surface area contributed by atoms with E-state index in [0.717, 1.165) is 13.0 Å². The van der Waals surface area contributed by atoms with Crippen LogP contribution in [-0.2, 0) is 6.42 Å². The zero-order valence-corrected chi connectivity index (χ0v) is 8.24. The summed E-state index contributed by atoms with van der Waals surface area (Å²) in [7, 11) is 0. The fourth-order valence-corrected chi connectivity index (χ4v) is 2.92. The highest BCUT2D eigenvalue weighted by Gasteiger charge is 2.36. The monoisotopic (exact) mass is 188 g/mol. The van der Waals surface area contributed by atoms with E-state index in [4.69, 9.17) is 5.73 Å². The van der Waals surface area contributed by atoms with Crippen LogP contribution in [0.15, 0.2) is 24.3 Å². The molecule has 1 aliphatic heterocycles. The van der Waals surface area contributed by atoms with Crippen LogP contribution in [0.2, 0.25) is 0 Å². The Bertz CT molecular complexity index is 348. The normalized spacial score (nSPS) is 35.1. The molecular weight excluding hydrogens is 172 g/mol. The summed E-state index contributed by atoms with van der Waals surface area (Å²) >= 11 is 0. The minimum absolute atomic E-state index is 0.318. The Hall–Kier alpha value is -0.860. The van der Waals surface area contributed by atoms with Crippen molar-refractivity contribution in [1.82, 2.24) is 5.32 Å². The van der Waals surface area contributed by atoms with Gasteiger partial charge in [-0.3, -0.25) is 0 Å². The number of piperidine rings is 1. The van der Waals surface area contributed by atoms with Crippen molar-refractivity contribution in [1.29, 1.82) is 0 Å². The molecule has 2 bridgehead atoms. The molecule has 0 radical (unpaired) electrons. The molecule has 1 saturated heterocycles. The van der Waals surface area contributed by atoms with Gasteiger partial charge in [-0.15, -0.1) is 0 Å². The fraction of sp³-hybridized carbons (Fsp3) is 0.500. The predicted octanol–water partition coefficient (Wildman–Crippen LogP) is 1.02. The van der Waals surface area contributed by atoms with Gasteiger partial charge in [-0.2, -0.15) is 0 Å². The molecular formula is C12H16N2. The van der Waals surface area contributed by atoms with E-state index in [9.17, 15) is 0 Å². The Morgan fingerprint density at radius 2 is 2.14 bits per heavy atom. The van der Waals surface area contributed by atoms with Crippen molar-refractivity contribution in [2.24, 2.45) is 5.73 Å². The van der Waals surface area contributed by atoms with Gasteiger partial charge in [0.1, 0.15) is 0 Å². The number of fused-ring (bicyclic) bond motifs is 4. The summed E-state index contributed by atoms with van der Waals surface area (Å²) in [5.41, 5.74) is 9.23. The number of hydrogen-bond donors (Lipinski definition) is 2. The van der Waals surface area contributed by atoms with Crippen molar-refractivity contribution in [2.45, 2.75) is 30.8 Å². The molecule has 0 spiro atoms. The van der Waals surface area contributed by atoms with Gasteiger partial charge in [0, 0.05) is 18.0 Å². The van der Waals surface area contributed by atoms with Crippen molar-refractivity contribution in [2.75, 3.05) is 6.54 Å². The molecule has 0 amide bonds. The number of nitrogens with two attached hydrogens (primary N) is 1. The summed E-state index contributed by atoms with van der Waals surface area (Å²) in [6.45, 7) is 1.12. The standard InChI is InChI=1S/C12H16N2/c13-12-10-5-6-14-11(12)7-8-3-1-2-4-9(8)10/h1-4,10-12,14H,5-7,13H2. The Morgan fingerprint density at radius 3 is 3.07 bits per heavy atom. The molecule has 1 aliphatic carbocycles. The van der Waals surface area contributed by atoms with E-state index in [0.29, 0.717) is 18.0 Å². The zero-order valence-electron chi connectivity index (χ0n) is 8.24. The molecule has 1 aromatic rings. The molecule has 1 heterocycles. The lowest BCUT2D eigenvalue weighted by Gasteiger charge is -2.42. The lowest BCUT2D eigenvalue weighted by atomic mass is 9.73. The van der Waals surface area contributed by atoms with Crippen molar-refractivity contribution in [3.8, 4) is 0 Å². The summed E-state index contributed by atoms with van der Waals surface area (Å²) in [6.07, 6.45) is 2.29. The van der Waals surface area contributed by atoms with E-state index >= 15 is 0 Å². The third-order valence-corrected chi connectivity index (χ3v) is 3.69. The maximum absolute atomic E-state index is 6.24. The van der Waals surface area contributed by atoms with Crippen LogP contribution < -0.4 is 11.1 Å². The van der Waals surface area contributed by atoms with Gasteiger partial charge in [0.05, 0.1) is 0 Å². The molecule has 3 N–H and O–H groups in total. The van der Waals surface area contributed by atoms with Gasteiger partial charge >= 0.3 is 0 Å². The predicted molar refractivity (Wildman–Crippen MR) is 57.3 cm³/mol. The molecule has 14 heavy (non-hydrogen) atoms. The van der Waals surface area contributed by atoms with E-state index in [2.05, 4.69) is 29.6 Å². The van der Waals surface area contributed by atoms with Crippen LogP contribution in [0.4, 0.5) is 0 Å². The second-order valence-electron chi connectivity index (χ2n) is 4.44. The topological polar surface area (TPSA) is 38.0 Å². The molecule has 74 valence electrons. The first-order chi connectivity index (χ1) is 6.86. The SMILES string of the molecule is NC1C2Cc3ccccc3C1CCN2. The van der Waals surface area contributed by atoms with Crippen LogP contribution in [0.25, 0.3) is 0 Å². The summed E-state index contributed by atoms with van der Waals surface area (Å²) in [5.74, 6) is 0.589. The Kier molecular flexibility index (Phi) is 1.85. The Morgan fingerprint density at radius 1 is 1.29 bits per heavy atom. The number of nitrogens with one attached hydrogen (secondary N) is 1. The summed E-state index contributed by atoms with van der Waals surface area (Å²) in [6, 6.07) is 9.58.